The van der Waals surface area contributed by atoms with Crippen molar-refractivity contribution in [1.29, 1.82) is 0 Å². The number of H-pyrrole nitrogens is 1. The fourth-order valence-corrected chi connectivity index (χ4v) is 4.01. The van der Waals surface area contributed by atoms with E-state index in [2.05, 4.69) is 37.5 Å². The molecule has 4 aromatic rings. The van der Waals surface area contributed by atoms with Crippen LogP contribution in [0.4, 0.5) is 0 Å². The van der Waals surface area contributed by atoms with Gasteiger partial charge in [0.25, 0.3) is 0 Å². The number of aromatic amines is 1. The smallest absolute Gasteiger partial charge is 0.230 e. The molecule has 0 spiro atoms. The number of carbonyl (C=O) groups excluding carboxylic acids is 1. The van der Waals surface area contributed by atoms with Crippen LogP contribution in [0.15, 0.2) is 72.4 Å². The summed E-state index contributed by atoms with van der Waals surface area (Å²) >= 11 is 1.41. The maximum absolute atomic E-state index is 12.4. The molecule has 0 saturated carbocycles. The van der Waals surface area contributed by atoms with Gasteiger partial charge in [0.1, 0.15) is 12.7 Å². The topological polar surface area (TPSA) is 88.5 Å². The van der Waals surface area contributed by atoms with E-state index in [0.717, 1.165) is 34.2 Å². The summed E-state index contributed by atoms with van der Waals surface area (Å²) in [6.45, 7) is 3.99. The van der Waals surface area contributed by atoms with Crippen LogP contribution in [0.2, 0.25) is 0 Å². The third-order valence-corrected chi connectivity index (χ3v) is 5.85. The molecule has 2 heterocycles. The van der Waals surface area contributed by atoms with Gasteiger partial charge in [-0.2, -0.15) is 5.10 Å². The second-order valence-electron chi connectivity index (χ2n) is 7.29. The number of carbonyl (C=O) groups is 1. The van der Waals surface area contributed by atoms with Crippen LogP contribution in [0.3, 0.4) is 0 Å². The molecule has 8 heteroatoms. The Bertz CT molecular complexity index is 1120. The van der Waals surface area contributed by atoms with Gasteiger partial charge in [-0.3, -0.25) is 4.79 Å². The number of hydrogen-bond donors (Lipinski definition) is 2. The van der Waals surface area contributed by atoms with Crippen LogP contribution in [0.25, 0.3) is 5.69 Å². The van der Waals surface area contributed by atoms with Gasteiger partial charge >= 0.3 is 0 Å². The van der Waals surface area contributed by atoms with E-state index in [1.165, 1.54) is 23.7 Å². The molecule has 0 fully saturated rings. The van der Waals surface area contributed by atoms with Crippen molar-refractivity contribution < 1.29 is 4.79 Å². The minimum absolute atomic E-state index is 0.0310. The lowest BCUT2D eigenvalue weighted by Gasteiger charge is -2.14. The average Bonchev–Trinajstić information content (AvgIpc) is 3.44. The molecule has 1 unspecified atom stereocenters. The Morgan fingerprint density at radius 1 is 1.16 bits per heavy atom. The predicted molar refractivity (Wildman–Crippen MR) is 121 cm³/mol. The van der Waals surface area contributed by atoms with Crippen molar-refractivity contribution in [3.05, 3.63) is 89.8 Å². The van der Waals surface area contributed by atoms with E-state index in [1.54, 1.807) is 11.0 Å². The van der Waals surface area contributed by atoms with E-state index in [0.29, 0.717) is 5.75 Å². The summed E-state index contributed by atoms with van der Waals surface area (Å²) in [5.41, 5.74) is 5.22. The van der Waals surface area contributed by atoms with Gasteiger partial charge in [-0.05, 0) is 37.1 Å². The Hall–Kier alpha value is -3.39. The van der Waals surface area contributed by atoms with Crippen LogP contribution in [0.1, 0.15) is 35.5 Å². The zero-order valence-corrected chi connectivity index (χ0v) is 18.3. The summed E-state index contributed by atoms with van der Waals surface area (Å²) < 4.78 is 1.70. The molecule has 4 rings (SSSR count). The first-order valence-corrected chi connectivity index (χ1v) is 11.0. The molecule has 1 atom stereocenters. The molecule has 0 saturated heterocycles. The Labute approximate surface area is 185 Å². The molecule has 0 aliphatic carbocycles. The SMILES string of the molecule is Cc1[nH]c(SCC(=O)NC(C)c2ccc(-n3cncn3)cc2)nc1Cc1ccccc1. The van der Waals surface area contributed by atoms with E-state index < -0.39 is 0 Å². The number of thioether (sulfide) groups is 1. The number of amides is 1. The number of nitrogens with one attached hydrogen (secondary N) is 2. The molecule has 0 aliphatic rings. The summed E-state index contributed by atoms with van der Waals surface area (Å²) in [5, 5.41) is 7.93. The Morgan fingerprint density at radius 2 is 1.94 bits per heavy atom. The van der Waals surface area contributed by atoms with Crippen LogP contribution in [0.5, 0.6) is 0 Å². The first kappa shape index (κ1) is 20.9. The molecular formula is C23H24N6OS. The van der Waals surface area contributed by atoms with Gasteiger partial charge in [0, 0.05) is 12.1 Å². The number of rotatable bonds is 8. The van der Waals surface area contributed by atoms with Crippen molar-refractivity contribution in [2.24, 2.45) is 0 Å². The highest BCUT2D eigenvalue weighted by atomic mass is 32.2. The number of aryl methyl sites for hydroxylation is 1. The summed E-state index contributed by atoms with van der Waals surface area (Å²) in [6.07, 6.45) is 3.93. The lowest BCUT2D eigenvalue weighted by Crippen LogP contribution is -2.28. The Kier molecular flexibility index (Phi) is 6.47. The molecule has 7 nitrogen and oxygen atoms in total. The van der Waals surface area contributed by atoms with Gasteiger partial charge < -0.3 is 10.3 Å². The van der Waals surface area contributed by atoms with Crippen molar-refractivity contribution in [1.82, 2.24) is 30.0 Å². The van der Waals surface area contributed by atoms with Crippen LogP contribution < -0.4 is 5.32 Å². The second kappa shape index (κ2) is 9.61. The quantitative estimate of drug-likeness (QED) is 0.413. The highest BCUT2D eigenvalue weighted by Crippen LogP contribution is 2.20. The maximum Gasteiger partial charge on any atom is 0.230 e. The van der Waals surface area contributed by atoms with Gasteiger partial charge in [-0.1, -0.05) is 54.2 Å². The normalized spacial score (nSPS) is 11.9. The number of hydrogen-bond acceptors (Lipinski definition) is 5. The second-order valence-corrected chi connectivity index (χ2v) is 8.25. The van der Waals surface area contributed by atoms with E-state index in [1.807, 2.05) is 56.3 Å². The van der Waals surface area contributed by atoms with E-state index in [-0.39, 0.29) is 11.9 Å². The Balaban J connectivity index is 1.29. The van der Waals surface area contributed by atoms with Gasteiger partial charge in [0.15, 0.2) is 5.16 Å². The van der Waals surface area contributed by atoms with Gasteiger partial charge in [-0.15, -0.1) is 0 Å². The molecule has 158 valence electrons. The summed E-state index contributed by atoms with van der Waals surface area (Å²) in [5.74, 6) is 0.274. The molecular weight excluding hydrogens is 408 g/mol. The zero-order chi connectivity index (χ0) is 21.6. The maximum atomic E-state index is 12.4. The van der Waals surface area contributed by atoms with Crippen LogP contribution in [-0.4, -0.2) is 36.4 Å². The third kappa shape index (κ3) is 5.40. The minimum atomic E-state index is -0.0927. The fourth-order valence-electron chi connectivity index (χ4n) is 3.25. The average molecular weight is 433 g/mol. The van der Waals surface area contributed by atoms with Crippen molar-refractivity contribution in [3.63, 3.8) is 0 Å². The summed E-state index contributed by atoms with van der Waals surface area (Å²) in [7, 11) is 0. The molecule has 2 N–H and O–H groups in total. The first-order valence-electron chi connectivity index (χ1n) is 10.0. The lowest BCUT2D eigenvalue weighted by atomic mass is 10.1. The molecule has 2 aromatic heterocycles. The largest absolute Gasteiger partial charge is 0.349 e. The van der Waals surface area contributed by atoms with Crippen LogP contribution >= 0.6 is 11.8 Å². The number of benzene rings is 2. The molecule has 31 heavy (non-hydrogen) atoms. The zero-order valence-electron chi connectivity index (χ0n) is 17.4. The first-order chi connectivity index (χ1) is 15.1. The highest BCUT2D eigenvalue weighted by molar-refractivity contribution is 7.99. The van der Waals surface area contributed by atoms with E-state index in [9.17, 15) is 4.79 Å². The molecule has 1 amide bonds. The standard InChI is InChI=1S/C23H24N6OS/c1-16(19-8-10-20(11-9-19)29-15-24-14-25-29)26-22(30)13-31-23-27-17(2)21(28-23)12-18-6-4-3-5-7-18/h3-11,14-16H,12-13H2,1-2H3,(H,26,30)(H,27,28). The van der Waals surface area contributed by atoms with Gasteiger partial charge in [0.2, 0.25) is 5.91 Å². The van der Waals surface area contributed by atoms with Gasteiger partial charge in [0.05, 0.1) is 23.2 Å². The fraction of sp³-hybridized carbons (Fsp3) is 0.217. The molecule has 0 radical (unpaired) electrons. The summed E-state index contributed by atoms with van der Waals surface area (Å²) in [4.78, 5) is 24.3. The van der Waals surface area contributed by atoms with E-state index in [4.69, 9.17) is 0 Å². The third-order valence-electron chi connectivity index (χ3n) is 4.97. The monoisotopic (exact) mass is 432 g/mol. The number of aromatic nitrogens is 5. The van der Waals surface area contributed by atoms with Crippen molar-refractivity contribution in [2.75, 3.05) is 5.75 Å². The molecule has 0 aliphatic heterocycles. The number of imidazole rings is 1. The molecule has 0 bridgehead atoms. The van der Waals surface area contributed by atoms with Crippen LogP contribution in [0, 0.1) is 6.92 Å². The lowest BCUT2D eigenvalue weighted by molar-refractivity contribution is -0.119. The van der Waals surface area contributed by atoms with Gasteiger partial charge in [-0.25, -0.2) is 14.6 Å². The van der Waals surface area contributed by atoms with Crippen molar-refractivity contribution in [2.45, 2.75) is 31.5 Å². The molecule has 2 aromatic carbocycles. The predicted octanol–water partition coefficient (Wildman–Crippen LogP) is 3.86. The highest BCUT2D eigenvalue weighted by Gasteiger charge is 2.13. The van der Waals surface area contributed by atoms with Crippen molar-refractivity contribution in [3.8, 4) is 5.69 Å². The minimum Gasteiger partial charge on any atom is -0.349 e. The summed E-state index contributed by atoms with van der Waals surface area (Å²) in [6, 6.07) is 18.0. The Morgan fingerprint density at radius 3 is 2.65 bits per heavy atom. The van der Waals surface area contributed by atoms with E-state index >= 15 is 0 Å². The van der Waals surface area contributed by atoms with Crippen molar-refractivity contribution >= 4 is 17.7 Å². The van der Waals surface area contributed by atoms with Crippen LogP contribution in [-0.2, 0) is 11.2 Å². The number of nitrogens with zero attached hydrogens (tertiary/aromatic N) is 4.